The molecular formula is C14H20ClNO2. The molecule has 100 valence electrons. The molecule has 0 N–H and O–H groups in total. The number of ether oxygens (including phenoxy) is 1. The first-order valence-corrected chi connectivity index (χ1v) is 6.50. The van der Waals surface area contributed by atoms with Crippen LogP contribution in [0.4, 0.5) is 0 Å². The molecule has 4 heteroatoms. The predicted molar refractivity (Wildman–Crippen MR) is 73.6 cm³/mol. The number of rotatable bonds is 6. The quantitative estimate of drug-likeness (QED) is 0.744. The first-order chi connectivity index (χ1) is 8.52. The number of carbonyl (C=O) groups excluding carboxylic acids is 1. The van der Waals surface area contributed by atoms with E-state index in [9.17, 15) is 4.79 Å². The molecule has 0 heterocycles. The second-order valence-electron chi connectivity index (χ2n) is 4.48. The van der Waals surface area contributed by atoms with Crippen molar-refractivity contribution in [1.29, 1.82) is 0 Å². The Bertz CT molecular complexity index is 395. The molecule has 1 aromatic rings. The van der Waals surface area contributed by atoms with E-state index in [1.807, 2.05) is 45.2 Å². The molecular weight excluding hydrogens is 250 g/mol. The van der Waals surface area contributed by atoms with Crippen molar-refractivity contribution in [2.45, 2.75) is 20.4 Å². The van der Waals surface area contributed by atoms with E-state index in [-0.39, 0.29) is 11.9 Å². The second kappa shape index (κ2) is 7.39. The van der Waals surface area contributed by atoms with Crippen molar-refractivity contribution in [2.75, 3.05) is 20.2 Å². The lowest BCUT2D eigenvalue weighted by Crippen LogP contribution is -2.29. The van der Waals surface area contributed by atoms with Gasteiger partial charge in [-0.05, 0) is 31.7 Å². The fourth-order valence-electron chi connectivity index (χ4n) is 1.84. The molecule has 0 aliphatic rings. The number of esters is 1. The smallest absolute Gasteiger partial charge is 0.309 e. The van der Waals surface area contributed by atoms with E-state index in [1.54, 1.807) is 0 Å². The number of hydrogen-bond donors (Lipinski definition) is 0. The standard InChI is InChI=1S/C14H20ClNO2/c1-4-18-14(17)11(2)9-16(3)10-12-6-5-7-13(15)8-12/h5-8,11H,4,9-10H2,1-3H3. The first-order valence-electron chi connectivity index (χ1n) is 6.12. The number of nitrogens with zero attached hydrogens (tertiary/aromatic N) is 1. The molecule has 0 radical (unpaired) electrons. The summed E-state index contributed by atoms with van der Waals surface area (Å²) >= 11 is 5.93. The summed E-state index contributed by atoms with van der Waals surface area (Å²) in [5, 5.41) is 0.736. The van der Waals surface area contributed by atoms with Crippen LogP contribution in [0.5, 0.6) is 0 Å². The highest BCUT2D eigenvalue weighted by molar-refractivity contribution is 6.30. The van der Waals surface area contributed by atoms with Gasteiger partial charge in [-0.2, -0.15) is 0 Å². The van der Waals surface area contributed by atoms with Crippen molar-refractivity contribution in [1.82, 2.24) is 4.90 Å². The van der Waals surface area contributed by atoms with Crippen molar-refractivity contribution in [3.05, 3.63) is 34.9 Å². The zero-order chi connectivity index (χ0) is 13.5. The van der Waals surface area contributed by atoms with Gasteiger partial charge in [0.15, 0.2) is 0 Å². The normalized spacial score (nSPS) is 12.5. The topological polar surface area (TPSA) is 29.5 Å². The Morgan fingerprint density at radius 1 is 1.50 bits per heavy atom. The Labute approximate surface area is 114 Å². The summed E-state index contributed by atoms with van der Waals surface area (Å²) in [6.07, 6.45) is 0. The fourth-order valence-corrected chi connectivity index (χ4v) is 2.05. The minimum absolute atomic E-state index is 0.117. The van der Waals surface area contributed by atoms with Crippen molar-refractivity contribution in [3.63, 3.8) is 0 Å². The number of halogens is 1. The van der Waals surface area contributed by atoms with E-state index in [4.69, 9.17) is 16.3 Å². The van der Waals surface area contributed by atoms with Gasteiger partial charge in [0.2, 0.25) is 0 Å². The third kappa shape index (κ3) is 5.07. The van der Waals surface area contributed by atoms with E-state index in [1.165, 1.54) is 0 Å². The molecule has 0 fully saturated rings. The van der Waals surface area contributed by atoms with Crippen LogP contribution in [0.3, 0.4) is 0 Å². The SMILES string of the molecule is CCOC(=O)C(C)CN(C)Cc1cccc(Cl)c1. The molecule has 3 nitrogen and oxygen atoms in total. The lowest BCUT2D eigenvalue weighted by atomic mass is 10.1. The summed E-state index contributed by atoms with van der Waals surface area (Å²) in [5.74, 6) is -0.260. The molecule has 1 aromatic carbocycles. The van der Waals surface area contributed by atoms with Crippen molar-refractivity contribution < 1.29 is 9.53 Å². The van der Waals surface area contributed by atoms with Gasteiger partial charge in [0, 0.05) is 18.1 Å². The number of benzene rings is 1. The van der Waals surface area contributed by atoms with E-state index < -0.39 is 0 Å². The number of carbonyl (C=O) groups is 1. The van der Waals surface area contributed by atoms with Crippen LogP contribution in [0.1, 0.15) is 19.4 Å². The van der Waals surface area contributed by atoms with Gasteiger partial charge in [-0.3, -0.25) is 4.79 Å². The second-order valence-corrected chi connectivity index (χ2v) is 4.92. The average molecular weight is 270 g/mol. The third-order valence-corrected chi connectivity index (χ3v) is 2.85. The highest BCUT2D eigenvalue weighted by Crippen LogP contribution is 2.13. The van der Waals surface area contributed by atoms with E-state index in [0.29, 0.717) is 13.2 Å². The van der Waals surface area contributed by atoms with Gasteiger partial charge < -0.3 is 9.64 Å². The summed E-state index contributed by atoms with van der Waals surface area (Å²) < 4.78 is 4.99. The van der Waals surface area contributed by atoms with Crippen LogP contribution in [-0.2, 0) is 16.1 Å². The Balaban J connectivity index is 2.46. The van der Waals surface area contributed by atoms with Crippen molar-refractivity contribution >= 4 is 17.6 Å². The lowest BCUT2D eigenvalue weighted by Gasteiger charge is -2.20. The van der Waals surface area contributed by atoms with Crippen molar-refractivity contribution in [3.8, 4) is 0 Å². The Morgan fingerprint density at radius 2 is 2.22 bits per heavy atom. The monoisotopic (exact) mass is 269 g/mol. The minimum atomic E-state index is -0.143. The molecule has 1 unspecified atom stereocenters. The van der Waals surface area contributed by atoms with Gasteiger partial charge in [-0.15, -0.1) is 0 Å². The van der Waals surface area contributed by atoms with Crippen LogP contribution >= 0.6 is 11.6 Å². The van der Waals surface area contributed by atoms with Gasteiger partial charge in [0.05, 0.1) is 12.5 Å². The molecule has 0 aliphatic heterocycles. The maximum Gasteiger partial charge on any atom is 0.309 e. The maximum atomic E-state index is 11.5. The summed E-state index contributed by atoms with van der Waals surface area (Å²) in [4.78, 5) is 13.6. The maximum absolute atomic E-state index is 11.5. The van der Waals surface area contributed by atoms with Crippen molar-refractivity contribution in [2.24, 2.45) is 5.92 Å². The summed E-state index contributed by atoms with van der Waals surface area (Å²) in [6, 6.07) is 7.75. The highest BCUT2D eigenvalue weighted by Gasteiger charge is 2.16. The summed E-state index contributed by atoms with van der Waals surface area (Å²) in [7, 11) is 1.98. The largest absolute Gasteiger partial charge is 0.466 e. The third-order valence-electron chi connectivity index (χ3n) is 2.62. The molecule has 0 amide bonds. The number of hydrogen-bond acceptors (Lipinski definition) is 3. The zero-order valence-electron chi connectivity index (χ0n) is 11.1. The molecule has 0 spiro atoms. The van der Waals surface area contributed by atoms with Gasteiger partial charge in [-0.1, -0.05) is 30.7 Å². The molecule has 0 bridgehead atoms. The molecule has 0 aliphatic carbocycles. The Morgan fingerprint density at radius 3 is 2.83 bits per heavy atom. The molecule has 0 saturated carbocycles. The van der Waals surface area contributed by atoms with Crippen LogP contribution in [0, 0.1) is 5.92 Å². The molecule has 0 aromatic heterocycles. The zero-order valence-corrected chi connectivity index (χ0v) is 11.9. The molecule has 18 heavy (non-hydrogen) atoms. The van der Waals surface area contributed by atoms with Gasteiger partial charge in [0.1, 0.15) is 0 Å². The Hall–Kier alpha value is -1.06. The minimum Gasteiger partial charge on any atom is -0.466 e. The van der Waals surface area contributed by atoms with E-state index in [0.717, 1.165) is 17.1 Å². The highest BCUT2D eigenvalue weighted by atomic mass is 35.5. The van der Waals surface area contributed by atoms with Crippen LogP contribution in [0.15, 0.2) is 24.3 Å². The predicted octanol–water partition coefficient (Wildman–Crippen LogP) is 2.97. The van der Waals surface area contributed by atoms with Crippen LogP contribution in [0.25, 0.3) is 0 Å². The van der Waals surface area contributed by atoms with Crippen LogP contribution in [0.2, 0.25) is 5.02 Å². The summed E-state index contributed by atoms with van der Waals surface area (Å²) in [6.45, 7) is 5.57. The first kappa shape index (κ1) is 15.0. The van der Waals surface area contributed by atoms with Crippen LogP contribution < -0.4 is 0 Å². The Kier molecular flexibility index (Phi) is 6.16. The average Bonchev–Trinajstić information content (AvgIpc) is 2.28. The van der Waals surface area contributed by atoms with Gasteiger partial charge in [0.25, 0.3) is 0 Å². The summed E-state index contributed by atoms with van der Waals surface area (Å²) in [5.41, 5.74) is 1.14. The fraction of sp³-hybridized carbons (Fsp3) is 0.500. The van der Waals surface area contributed by atoms with Crippen LogP contribution in [-0.4, -0.2) is 31.1 Å². The van der Waals surface area contributed by atoms with E-state index >= 15 is 0 Å². The van der Waals surface area contributed by atoms with Gasteiger partial charge >= 0.3 is 5.97 Å². The lowest BCUT2D eigenvalue weighted by molar-refractivity contribution is -0.147. The molecule has 1 atom stereocenters. The molecule has 0 saturated heterocycles. The molecule has 1 rings (SSSR count). The van der Waals surface area contributed by atoms with Gasteiger partial charge in [-0.25, -0.2) is 0 Å². The van der Waals surface area contributed by atoms with E-state index in [2.05, 4.69) is 4.90 Å².